The Bertz CT molecular complexity index is 586. The number of benzene rings is 2. The van der Waals surface area contributed by atoms with Crippen LogP contribution < -0.4 is 9.47 Å². The average molecular weight is 295 g/mol. The highest BCUT2D eigenvalue weighted by atomic mass is 35.5. The molecule has 0 saturated carbocycles. The minimum atomic E-state index is -0.608. The van der Waals surface area contributed by atoms with Gasteiger partial charge in [-0.25, -0.2) is 4.39 Å². The molecule has 0 bridgehead atoms. The smallest absolute Gasteiger partial charge is 0.131 e. The van der Waals surface area contributed by atoms with E-state index < -0.39 is 11.2 Å². The van der Waals surface area contributed by atoms with Crippen LogP contribution in [0.25, 0.3) is 0 Å². The SMILES string of the molecule is CCOc1ccccc1C(Cl)c1ccc(OC)cc1F. The quantitative estimate of drug-likeness (QED) is 0.753. The maximum Gasteiger partial charge on any atom is 0.131 e. The van der Waals surface area contributed by atoms with Crippen LogP contribution in [0.1, 0.15) is 23.4 Å². The van der Waals surface area contributed by atoms with Crippen molar-refractivity contribution < 1.29 is 13.9 Å². The van der Waals surface area contributed by atoms with Crippen LogP contribution in [0.2, 0.25) is 0 Å². The molecule has 0 amide bonds. The lowest BCUT2D eigenvalue weighted by Gasteiger charge is -2.16. The van der Waals surface area contributed by atoms with E-state index in [9.17, 15) is 4.39 Å². The van der Waals surface area contributed by atoms with Crippen LogP contribution in [-0.4, -0.2) is 13.7 Å². The predicted molar refractivity (Wildman–Crippen MR) is 78.3 cm³/mol. The Labute approximate surface area is 123 Å². The van der Waals surface area contributed by atoms with Crippen molar-refractivity contribution in [2.75, 3.05) is 13.7 Å². The van der Waals surface area contributed by atoms with E-state index in [2.05, 4.69) is 0 Å². The van der Waals surface area contributed by atoms with Crippen LogP contribution in [0.3, 0.4) is 0 Å². The van der Waals surface area contributed by atoms with E-state index in [1.165, 1.54) is 13.2 Å². The zero-order valence-corrected chi connectivity index (χ0v) is 12.2. The first-order chi connectivity index (χ1) is 9.67. The standard InChI is InChI=1S/C16H16ClFO2/c1-3-20-15-7-5-4-6-13(15)16(17)12-9-8-11(19-2)10-14(12)18/h4-10,16H,3H2,1-2H3. The molecule has 2 nitrogen and oxygen atoms in total. The zero-order valence-electron chi connectivity index (χ0n) is 11.4. The lowest BCUT2D eigenvalue weighted by Crippen LogP contribution is -2.02. The van der Waals surface area contributed by atoms with Gasteiger partial charge in [0, 0.05) is 17.2 Å². The fourth-order valence-corrected chi connectivity index (χ4v) is 2.34. The molecule has 0 N–H and O–H groups in total. The maximum atomic E-state index is 14.1. The van der Waals surface area contributed by atoms with Crippen molar-refractivity contribution in [1.29, 1.82) is 0 Å². The monoisotopic (exact) mass is 294 g/mol. The van der Waals surface area contributed by atoms with E-state index in [1.54, 1.807) is 12.1 Å². The molecular formula is C16H16ClFO2. The number of ether oxygens (including phenoxy) is 2. The third kappa shape index (κ3) is 3.05. The first kappa shape index (κ1) is 14.7. The molecule has 1 atom stereocenters. The molecule has 0 aromatic heterocycles. The lowest BCUT2D eigenvalue weighted by molar-refractivity contribution is 0.336. The van der Waals surface area contributed by atoms with Crippen LogP contribution >= 0.6 is 11.6 Å². The number of halogens is 2. The van der Waals surface area contributed by atoms with Crippen molar-refractivity contribution in [3.63, 3.8) is 0 Å². The molecule has 0 spiro atoms. The molecule has 0 aliphatic heterocycles. The van der Waals surface area contributed by atoms with Crippen molar-refractivity contribution in [2.24, 2.45) is 0 Å². The van der Waals surface area contributed by atoms with Gasteiger partial charge in [-0.1, -0.05) is 24.3 Å². The van der Waals surface area contributed by atoms with E-state index in [0.29, 0.717) is 23.7 Å². The van der Waals surface area contributed by atoms with Gasteiger partial charge in [0.1, 0.15) is 17.3 Å². The highest BCUT2D eigenvalue weighted by molar-refractivity contribution is 6.22. The van der Waals surface area contributed by atoms with Gasteiger partial charge in [0.2, 0.25) is 0 Å². The molecule has 4 heteroatoms. The highest BCUT2D eigenvalue weighted by Crippen LogP contribution is 2.36. The van der Waals surface area contributed by atoms with Gasteiger partial charge in [0.05, 0.1) is 19.1 Å². The van der Waals surface area contributed by atoms with E-state index in [-0.39, 0.29) is 0 Å². The summed E-state index contributed by atoms with van der Waals surface area (Å²) in [7, 11) is 1.50. The molecule has 2 aromatic rings. The first-order valence-electron chi connectivity index (χ1n) is 6.36. The third-order valence-corrected chi connectivity index (χ3v) is 3.44. The summed E-state index contributed by atoms with van der Waals surface area (Å²) in [4.78, 5) is 0. The number of methoxy groups -OCH3 is 1. The van der Waals surface area contributed by atoms with Gasteiger partial charge in [-0.3, -0.25) is 0 Å². The number of hydrogen-bond donors (Lipinski definition) is 0. The Morgan fingerprint density at radius 3 is 2.55 bits per heavy atom. The third-order valence-electron chi connectivity index (χ3n) is 2.97. The van der Waals surface area contributed by atoms with Crippen molar-refractivity contribution in [2.45, 2.75) is 12.3 Å². The normalized spacial score (nSPS) is 12.0. The second-order valence-corrected chi connectivity index (χ2v) is 4.66. The molecule has 20 heavy (non-hydrogen) atoms. The highest BCUT2D eigenvalue weighted by Gasteiger charge is 2.19. The summed E-state index contributed by atoms with van der Waals surface area (Å²) < 4.78 is 24.6. The minimum Gasteiger partial charge on any atom is -0.497 e. The van der Waals surface area contributed by atoms with Crippen LogP contribution in [0.15, 0.2) is 42.5 Å². The van der Waals surface area contributed by atoms with Crippen molar-refractivity contribution in [3.8, 4) is 11.5 Å². The van der Waals surface area contributed by atoms with Crippen LogP contribution in [0.5, 0.6) is 11.5 Å². The van der Waals surface area contributed by atoms with Crippen LogP contribution in [0, 0.1) is 5.82 Å². The van der Waals surface area contributed by atoms with Gasteiger partial charge in [-0.05, 0) is 19.1 Å². The molecule has 106 valence electrons. The lowest BCUT2D eigenvalue weighted by atomic mass is 10.0. The Balaban J connectivity index is 2.38. The maximum absolute atomic E-state index is 14.1. The largest absolute Gasteiger partial charge is 0.497 e. The number of para-hydroxylation sites is 1. The van der Waals surface area contributed by atoms with Crippen LogP contribution in [0.4, 0.5) is 4.39 Å². The van der Waals surface area contributed by atoms with E-state index >= 15 is 0 Å². The number of alkyl halides is 1. The van der Waals surface area contributed by atoms with Crippen molar-refractivity contribution in [1.82, 2.24) is 0 Å². The minimum absolute atomic E-state index is 0.393. The topological polar surface area (TPSA) is 18.5 Å². The average Bonchev–Trinajstić information content (AvgIpc) is 2.47. The van der Waals surface area contributed by atoms with E-state index in [1.807, 2.05) is 31.2 Å². The number of hydrogen-bond acceptors (Lipinski definition) is 2. The van der Waals surface area contributed by atoms with Gasteiger partial charge in [-0.2, -0.15) is 0 Å². The Morgan fingerprint density at radius 2 is 1.90 bits per heavy atom. The molecular weight excluding hydrogens is 279 g/mol. The number of rotatable bonds is 5. The fourth-order valence-electron chi connectivity index (χ4n) is 1.98. The molecule has 0 aliphatic rings. The predicted octanol–water partition coefficient (Wildman–Crippen LogP) is 4.56. The molecule has 0 saturated heterocycles. The van der Waals surface area contributed by atoms with Crippen LogP contribution in [-0.2, 0) is 0 Å². The first-order valence-corrected chi connectivity index (χ1v) is 6.80. The molecule has 0 fully saturated rings. The van der Waals surface area contributed by atoms with Gasteiger partial charge in [0.15, 0.2) is 0 Å². The summed E-state index contributed by atoms with van der Waals surface area (Å²) in [5.74, 6) is 0.745. The molecule has 2 aromatic carbocycles. The zero-order chi connectivity index (χ0) is 14.5. The van der Waals surface area contributed by atoms with Gasteiger partial charge in [0.25, 0.3) is 0 Å². The summed E-state index contributed by atoms with van der Waals surface area (Å²) >= 11 is 6.41. The van der Waals surface area contributed by atoms with Crippen molar-refractivity contribution in [3.05, 3.63) is 59.4 Å². The van der Waals surface area contributed by atoms with Gasteiger partial charge >= 0.3 is 0 Å². The second-order valence-electron chi connectivity index (χ2n) is 4.22. The molecule has 2 rings (SSSR count). The van der Waals surface area contributed by atoms with Gasteiger partial charge < -0.3 is 9.47 Å². The van der Waals surface area contributed by atoms with E-state index in [4.69, 9.17) is 21.1 Å². The molecule has 0 radical (unpaired) electrons. The summed E-state index contributed by atoms with van der Waals surface area (Å²) in [6.45, 7) is 2.43. The Morgan fingerprint density at radius 1 is 1.15 bits per heavy atom. The summed E-state index contributed by atoms with van der Waals surface area (Å²) in [6.07, 6.45) is 0. The summed E-state index contributed by atoms with van der Waals surface area (Å²) in [6, 6.07) is 12.0. The molecule has 0 aliphatic carbocycles. The Kier molecular flexibility index (Phi) is 4.85. The fraction of sp³-hybridized carbons (Fsp3) is 0.250. The summed E-state index contributed by atoms with van der Waals surface area (Å²) in [5, 5.41) is -0.608. The summed E-state index contributed by atoms with van der Waals surface area (Å²) in [5.41, 5.74) is 1.15. The van der Waals surface area contributed by atoms with E-state index in [0.717, 1.165) is 5.56 Å². The molecule has 0 heterocycles. The second kappa shape index (κ2) is 6.62. The Hall–Kier alpha value is -1.74. The van der Waals surface area contributed by atoms with Crippen molar-refractivity contribution >= 4 is 11.6 Å². The molecule has 1 unspecified atom stereocenters. The van der Waals surface area contributed by atoms with Gasteiger partial charge in [-0.15, -0.1) is 11.6 Å².